The number of rotatable bonds is 5. The van der Waals surface area contributed by atoms with Crippen LogP contribution >= 0.6 is 0 Å². The van der Waals surface area contributed by atoms with E-state index in [-0.39, 0.29) is 17.4 Å². The smallest absolute Gasteiger partial charge is 0.310 e. The third kappa shape index (κ3) is 3.81. The predicted octanol–water partition coefficient (Wildman–Crippen LogP) is 2.61. The molecule has 1 saturated heterocycles. The summed E-state index contributed by atoms with van der Waals surface area (Å²) in [6.45, 7) is 4.35. The van der Waals surface area contributed by atoms with Crippen LogP contribution in [0.5, 0.6) is 0 Å². The molecule has 2 heterocycles. The Kier molecular flexibility index (Phi) is 5.43. The number of carbonyl (C=O) groups excluding carboxylic acids is 1. The zero-order valence-electron chi connectivity index (χ0n) is 14.8. The molecule has 7 nitrogen and oxygen atoms in total. The van der Waals surface area contributed by atoms with Crippen molar-refractivity contribution in [3.05, 3.63) is 36.4 Å². The van der Waals surface area contributed by atoms with Gasteiger partial charge in [-0.05, 0) is 31.9 Å². The Morgan fingerprint density at radius 1 is 1.35 bits per heavy atom. The summed E-state index contributed by atoms with van der Waals surface area (Å²) in [5.41, 5.74) is 1.44. The highest BCUT2D eigenvalue weighted by molar-refractivity contribution is 7.89. The largest absolute Gasteiger partial charge is 0.466 e. The minimum absolute atomic E-state index is 0.158. The Balaban J connectivity index is 1.78. The predicted molar refractivity (Wildman–Crippen MR) is 94.8 cm³/mol. The Bertz CT molecular complexity index is 873. The second kappa shape index (κ2) is 7.59. The maximum atomic E-state index is 12.9. The molecule has 8 heteroatoms. The first-order chi connectivity index (χ1) is 12.4. The molecule has 1 aliphatic heterocycles. The molecule has 0 radical (unpaired) electrons. The van der Waals surface area contributed by atoms with Gasteiger partial charge in [0, 0.05) is 25.6 Å². The summed E-state index contributed by atoms with van der Waals surface area (Å²) in [5, 5.41) is 0. The van der Waals surface area contributed by atoms with E-state index in [1.807, 2.05) is 0 Å². The number of benzene rings is 1. The number of piperidine rings is 1. The van der Waals surface area contributed by atoms with E-state index in [1.165, 1.54) is 10.6 Å². The number of aryl methyl sites for hydroxylation is 1. The molecule has 0 amide bonds. The number of aromatic nitrogens is 1. The van der Waals surface area contributed by atoms with Crippen LogP contribution in [0.4, 0.5) is 0 Å². The number of ether oxygens (including phenoxy) is 1. The van der Waals surface area contributed by atoms with E-state index in [1.54, 1.807) is 38.1 Å². The summed E-state index contributed by atoms with van der Waals surface area (Å²) >= 11 is 0. The van der Waals surface area contributed by atoms with Crippen molar-refractivity contribution in [3.63, 3.8) is 0 Å². The lowest BCUT2D eigenvalue weighted by molar-refractivity contribution is -0.149. The molecule has 1 atom stereocenters. The molecule has 0 aliphatic carbocycles. The summed E-state index contributed by atoms with van der Waals surface area (Å²) in [6.07, 6.45) is 2.82. The van der Waals surface area contributed by atoms with E-state index in [9.17, 15) is 13.2 Å². The van der Waals surface area contributed by atoms with Gasteiger partial charge in [0.25, 0.3) is 0 Å². The van der Waals surface area contributed by atoms with Crippen LogP contribution in [0, 0.1) is 12.8 Å². The Hall–Kier alpha value is -2.19. The quantitative estimate of drug-likeness (QED) is 0.743. The molecule has 0 saturated carbocycles. The summed E-state index contributed by atoms with van der Waals surface area (Å²) in [6, 6.07) is 6.53. The summed E-state index contributed by atoms with van der Waals surface area (Å²) < 4.78 is 37.4. The molecule has 0 bridgehead atoms. The van der Waals surface area contributed by atoms with Gasteiger partial charge in [-0.3, -0.25) is 4.79 Å². The molecule has 1 fully saturated rings. The average Bonchev–Trinajstić information content (AvgIpc) is 3.08. The molecule has 0 N–H and O–H groups in total. The Labute approximate surface area is 153 Å². The fourth-order valence-electron chi connectivity index (χ4n) is 3.06. The van der Waals surface area contributed by atoms with Gasteiger partial charge in [-0.1, -0.05) is 12.1 Å². The lowest BCUT2D eigenvalue weighted by atomic mass is 10.0. The van der Waals surface area contributed by atoms with Gasteiger partial charge >= 0.3 is 5.97 Å². The number of hydrogen-bond acceptors (Lipinski definition) is 6. The molecule has 1 aromatic carbocycles. The maximum absolute atomic E-state index is 12.9. The molecular weight excluding hydrogens is 356 g/mol. The van der Waals surface area contributed by atoms with E-state index < -0.39 is 15.9 Å². The fraction of sp³-hybridized carbons (Fsp3) is 0.444. The van der Waals surface area contributed by atoms with Crippen molar-refractivity contribution in [3.8, 4) is 11.3 Å². The molecule has 2 aromatic rings. The van der Waals surface area contributed by atoms with Gasteiger partial charge in [0.15, 0.2) is 5.89 Å². The Morgan fingerprint density at radius 2 is 2.08 bits per heavy atom. The van der Waals surface area contributed by atoms with Crippen LogP contribution < -0.4 is 0 Å². The van der Waals surface area contributed by atoms with Crippen LogP contribution in [0.15, 0.2) is 39.8 Å². The molecule has 0 unspecified atom stereocenters. The van der Waals surface area contributed by atoms with E-state index in [2.05, 4.69) is 4.98 Å². The first-order valence-corrected chi connectivity index (χ1v) is 10.0. The first kappa shape index (κ1) is 18.6. The average molecular weight is 378 g/mol. The van der Waals surface area contributed by atoms with Crippen molar-refractivity contribution in [1.29, 1.82) is 0 Å². The van der Waals surface area contributed by atoms with Crippen molar-refractivity contribution in [2.75, 3.05) is 19.7 Å². The Morgan fingerprint density at radius 3 is 2.69 bits per heavy atom. The van der Waals surface area contributed by atoms with Crippen molar-refractivity contribution in [2.24, 2.45) is 5.92 Å². The van der Waals surface area contributed by atoms with Crippen LogP contribution in [0.25, 0.3) is 11.3 Å². The normalized spacial score (nSPS) is 18.6. The molecule has 26 heavy (non-hydrogen) atoms. The van der Waals surface area contributed by atoms with Crippen molar-refractivity contribution >= 4 is 16.0 Å². The molecule has 1 aliphatic rings. The number of sulfonamides is 1. The molecule has 1 aromatic heterocycles. The minimum atomic E-state index is -3.66. The van der Waals surface area contributed by atoms with Crippen LogP contribution in [-0.4, -0.2) is 43.4 Å². The van der Waals surface area contributed by atoms with Crippen molar-refractivity contribution in [2.45, 2.75) is 31.6 Å². The van der Waals surface area contributed by atoms with Crippen LogP contribution in [0.1, 0.15) is 25.7 Å². The standard InChI is InChI=1S/C18H22N2O5S/c1-3-24-18(21)15-5-4-10-20(11-15)26(22,23)16-8-6-14(7-9-16)17-12-25-13(2)19-17/h6-9,12,15H,3-5,10-11H2,1-2H3/t15-/m0/s1. The number of esters is 1. The van der Waals surface area contributed by atoms with Gasteiger partial charge in [-0.2, -0.15) is 4.31 Å². The van der Waals surface area contributed by atoms with Gasteiger partial charge in [0.1, 0.15) is 12.0 Å². The van der Waals surface area contributed by atoms with E-state index in [0.29, 0.717) is 37.6 Å². The fourth-order valence-corrected chi connectivity index (χ4v) is 4.58. The van der Waals surface area contributed by atoms with E-state index >= 15 is 0 Å². The van der Waals surface area contributed by atoms with Crippen LogP contribution in [0.3, 0.4) is 0 Å². The molecule has 140 valence electrons. The second-order valence-electron chi connectivity index (χ2n) is 6.23. The van der Waals surface area contributed by atoms with Gasteiger partial charge in [-0.15, -0.1) is 0 Å². The summed E-state index contributed by atoms with van der Waals surface area (Å²) in [5.74, 6) is -0.185. The molecule has 0 spiro atoms. The first-order valence-electron chi connectivity index (χ1n) is 8.61. The van der Waals surface area contributed by atoms with Crippen LogP contribution in [0.2, 0.25) is 0 Å². The van der Waals surface area contributed by atoms with Gasteiger partial charge in [0.2, 0.25) is 10.0 Å². The maximum Gasteiger partial charge on any atom is 0.310 e. The van der Waals surface area contributed by atoms with Gasteiger partial charge < -0.3 is 9.15 Å². The monoisotopic (exact) mass is 378 g/mol. The van der Waals surface area contributed by atoms with Gasteiger partial charge in [-0.25, -0.2) is 13.4 Å². The lowest BCUT2D eigenvalue weighted by Gasteiger charge is -2.30. The van der Waals surface area contributed by atoms with Crippen molar-refractivity contribution < 1.29 is 22.4 Å². The minimum Gasteiger partial charge on any atom is -0.466 e. The highest BCUT2D eigenvalue weighted by atomic mass is 32.2. The highest BCUT2D eigenvalue weighted by Gasteiger charge is 2.33. The van der Waals surface area contributed by atoms with E-state index in [4.69, 9.17) is 9.15 Å². The second-order valence-corrected chi connectivity index (χ2v) is 8.17. The zero-order valence-corrected chi connectivity index (χ0v) is 15.7. The number of hydrogen-bond donors (Lipinski definition) is 0. The number of carbonyl (C=O) groups is 1. The number of nitrogens with zero attached hydrogens (tertiary/aromatic N) is 2. The third-order valence-corrected chi connectivity index (χ3v) is 6.29. The SMILES string of the molecule is CCOC(=O)[C@H]1CCCN(S(=O)(=O)c2ccc(-c3coc(C)n3)cc2)C1. The topological polar surface area (TPSA) is 89.7 Å². The molecule has 3 rings (SSSR count). The zero-order chi connectivity index (χ0) is 18.7. The summed E-state index contributed by atoms with van der Waals surface area (Å²) in [7, 11) is -3.66. The third-order valence-electron chi connectivity index (χ3n) is 4.41. The summed E-state index contributed by atoms with van der Waals surface area (Å²) in [4.78, 5) is 16.4. The van der Waals surface area contributed by atoms with Crippen LogP contribution in [-0.2, 0) is 19.6 Å². The number of oxazole rings is 1. The lowest BCUT2D eigenvalue weighted by Crippen LogP contribution is -2.42. The van der Waals surface area contributed by atoms with Gasteiger partial charge in [0.05, 0.1) is 17.4 Å². The molecular formula is C18H22N2O5S. The van der Waals surface area contributed by atoms with Crippen molar-refractivity contribution in [1.82, 2.24) is 9.29 Å². The van der Waals surface area contributed by atoms with E-state index in [0.717, 1.165) is 5.56 Å². The highest BCUT2D eigenvalue weighted by Crippen LogP contribution is 2.26.